The first-order valence-electron chi connectivity index (χ1n) is 9.73. The number of alkyl halides is 3. The number of rotatable bonds is 11. The van der Waals surface area contributed by atoms with Crippen LogP contribution < -0.4 is 0 Å². The average Bonchev–Trinajstić information content (AvgIpc) is 2.60. The number of halogens is 3. The van der Waals surface area contributed by atoms with Gasteiger partial charge < -0.3 is 0 Å². The second kappa shape index (κ2) is 11.3. The van der Waals surface area contributed by atoms with Crippen LogP contribution in [0.3, 0.4) is 0 Å². The van der Waals surface area contributed by atoms with Crippen molar-refractivity contribution in [1.82, 2.24) is 0 Å². The molecule has 0 aliphatic rings. The van der Waals surface area contributed by atoms with Crippen LogP contribution in [0.4, 0.5) is 13.2 Å². The third kappa shape index (κ3) is 8.19. The van der Waals surface area contributed by atoms with E-state index in [1.165, 1.54) is 64.0 Å². The zero-order valence-corrected chi connectivity index (χ0v) is 18.8. The van der Waals surface area contributed by atoms with Crippen LogP contribution in [0.2, 0.25) is 13.3 Å². The van der Waals surface area contributed by atoms with Gasteiger partial charge in [0.1, 0.15) is 0 Å². The molecule has 0 saturated heterocycles. The molecule has 1 aromatic rings. The van der Waals surface area contributed by atoms with Gasteiger partial charge >= 0.3 is 156 Å². The monoisotopic (exact) mass is 462 g/mol. The number of hydrogen-bond acceptors (Lipinski definition) is 0. The molecule has 0 fully saturated rings. The summed E-state index contributed by atoms with van der Waals surface area (Å²) >= 11 is -2.35. The summed E-state index contributed by atoms with van der Waals surface area (Å²) in [4.78, 5) is 0. The maximum absolute atomic E-state index is 12.7. The van der Waals surface area contributed by atoms with E-state index in [9.17, 15) is 13.2 Å². The van der Waals surface area contributed by atoms with Crippen molar-refractivity contribution >= 4 is 24.5 Å². The first-order valence-corrected chi connectivity index (χ1v) is 17.4. The summed E-state index contributed by atoms with van der Waals surface area (Å²) in [5.41, 5.74) is 0.334. The van der Waals surface area contributed by atoms with Crippen molar-refractivity contribution in [2.75, 3.05) is 0 Å². The van der Waals surface area contributed by atoms with Crippen molar-refractivity contribution in [2.24, 2.45) is 0 Å². The van der Waals surface area contributed by atoms with Gasteiger partial charge in [-0.2, -0.15) is 0 Å². The van der Waals surface area contributed by atoms with Crippen molar-refractivity contribution in [3.8, 4) is 0 Å². The third-order valence-corrected chi connectivity index (χ3v) is 19.0. The summed E-state index contributed by atoms with van der Waals surface area (Å²) in [6.07, 6.45) is 5.43. The second-order valence-corrected chi connectivity index (χ2v) is 20.1. The van der Waals surface area contributed by atoms with Gasteiger partial charge in [0.25, 0.3) is 0 Å². The molecule has 0 aliphatic heterocycles. The van der Waals surface area contributed by atoms with Gasteiger partial charge in [0.05, 0.1) is 0 Å². The normalized spacial score (nSPS) is 12.9. The van der Waals surface area contributed by atoms with E-state index in [0.29, 0.717) is 0 Å². The van der Waals surface area contributed by atoms with Crippen molar-refractivity contribution in [2.45, 2.75) is 78.8 Å². The number of hydrogen-bond donors (Lipinski definition) is 0. The molecule has 0 atom stereocenters. The fraction of sp³-hybridized carbons (Fsp3) is 0.619. The van der Waals surface area contributed by atoms with Gasteiger partial charge in [-0.1, -0.05) is 0 Å². The van der Waals surface area contributed by atoms with Crippen LogP contribution in [0.25, 0.3) is 6.08 Å². The van der Waals surface area contributed by atoms with Crippen LogP contribution >= 0.6 is 0 Å². The van der Waals surface area contributed by atoms with Gasteiger partial charge in [-0.25, -0.2) is 0 Å². The summed E-state index contributed by atoms with van der Waals surface area (Å²) in [5.74, 6) is 0. The fourth-order valence-corrected chi connectivity index (χ4v) is 17.4. The number of benzene rings is 1. The molecule has 0 amide bonds. The second-order valence-electron chi connectivity index (χ2n) is 7.13. The van der Waals surface area contributed by atoms with E-state index in [-0.39, 0.29) is 0 Å². The minimum atomic E-state index is -4.26. The molecule has 0 spiro atoms. The molecule has 0 heterocycles. The van der Waals surface area contributed by atoms with Gasteiger partial charge in [-0.3, -0.25) is 0 Å². The molecule has 4 heteroatoms. The standard InChI is InChI=1S/C9H6F3.3C4H9.Sn/c1-2-7-3-5-8(6-4-7)9(10,11)12;3*1-3-4-2;/h1-6H;3*1,3-4H2,2H3;. The Kier molecular flexibility index (Phi) is 10.2. The van der Waals surface area contributed by atoms with Crippen LogP contribution in [0.15, 0.2) is 28.4 Å². The molecular formula is C21H33F3Sn. The third-order valence-electron chi connectivity index (χ3n) is 4.95. The molecule has 0 aliphatic carbocycles. The predicted octanol–water partition coefficient (Wildman–Crippen LogP) is 8.11. The molecule has 25 heavy (non-hydrogen) atoms. The average molecular weight is 461 g/mol. The Hall–Kier alpha value is -0.451. The van der Waals surface area contributed by atoms with Gasteiger partial charge in [0.15, 0.2) is 0 Å². The zero-order chi connectivity index (χ0) is 18.8. The quantitative estimate of drug-likeness (QED) is 0.292. The molecule has 0 N–H and O–H groups in total. The molecule has 0 saturated carbocycles. The topological polar surface area (TPSA) is 0 Å². The van der Waals surface area contributed by atoms with Crippen LogP contribution in [-0.4, -0.2) is 18.4 Å². The van der Waals surface area contributed by atoms with Crippen LogP contribution in [0, 0.1) is 0 Å². The molecule has 0 aromatic heterocycles. The van der Waals surface area contributed by atoms with Gasteiger partial charge in [-0.05, 0) is 0 Å². The van der Waals surface area contributed by atoms with Gasteiger partial charge in [0, 0.05) is 0 Å². The molecular weight excluding hydrogens is 428 g/mol. The molecule has 1 rings (SSSR count). The van der Waals surface area contributed by atoms with Crippen LogP contribution in [-0.2, 0) is 6.18 Å². The predicted molar refractivity (Wildman–Crippen MR) is 105 cm³/mol. The summed E-state index contributed by atoms with van der Waals surface area (Å²) in [6, 6.07) is 5.60. The van der Waals surface area contributed by atoms with Crippen molar-refractivity contribution in [3.63, 3.8) is 0 Å². The Morgan fingerprint density at radius 1 is 0.800 bits per heavy atom. The SMILES string of the molecule is CCC[CH2][Sn]([CH]=Cc1ccc(C(F)(F)F)cc1)([CH2]CCC)[CH2]CCC. The van der Waals surface area contributed by atoms with Crippen molar-refractivity contribution in [3.05, 3.63) is 39.5 Å². The van der Waals surface area contributed by atoms with E-state index in [4.69, 9.17) is 0 Å². The summed E-state index contributed by atoms with van der Waals surface area (Å²) in [6.45, 7) is 6.74. The molecule has 0 radical (unpaired) electrons. The molecule has 0 nitrogen and oxygen atoms in total. The Morgan fingerprint density at radius 3 is 1.60 bits per heavy atom. The Morgan fingerprint density at radius 2 is 1.24 bits per heavy atom. The van der Waals surface area contributed by atoms with E-state index < -0.39 is 30.1 Å². The van der Waals surface area contributed by atoms with Gasteiger partial charge in [0.2, 0.25) is 0 Å². The maximum atomic E-state index is 12.7. The summed E-state index contributed by atoms with van der Waals surface area (Å²) in [7, 11) is 0. The van der Waals surface area contributed by atoms with Crippen molar-refractivity contribution in [1.29, 1.82) is 0 Å². The number of unbranched alkanes of at least 4 members (excludes halogenated alkanes) is 3. The molecule has 0 unspecified atom stereocenters. The van der Waals surface area contributed by atoms with E-state index in [1.807, 2.05) is 0 Å². The fourth-order valence-electron chi connectivity index (χ4n) is 3.27. The zero-order valence-electron chi connectivity index (χ0n) is 16.0. The van der Waals surface area contributed by atoms with Gasteiger partial charge in [-0.15, -0.1) is 0 Å². The molecule has 0 bridgehead atoms. The van der Waals surface area contributed by atoms with E-state index >= 15 is 0 Å². The summed E-state index contributed by atoms with van der Waals surface area (Å²) in [5, 5.41) is 0. The Balaban J connectivity index is 2.97. The first-order chi connectivity index (χ1) is 11.9. The summed E-state index contributed by atoms with van der Waals surface area (Å²) < 4.78 is 44.7. The van der Waals surface area contributed by atoms with E-state index in [2.05, 4.69) is 30.9 Å². The van der Waals surface area contributed by atoms with Crippen LogP contribution in [0.1, 0.15) is 70.4 Å². The Labute approximate surface area is 155 Å². The Bertz CT molecular complexity index is 481. The molecule has 1 aromatic carbocycles. The minimum absolute atomic E-state index is 0.567. The van der Waals surface area contributed by atoms with Crippen molar-refractivity contribution < 1.29 is 13.2 Å². The van der Waals surface area contributed by atoms with Crippen LogP contribution in [0.5, 0.6) is 0 Å². The van der Waals surface area contributed by atoms with E-state index in [1.54, 1.807) is 12.1 Å². The molecule has 142 valence electrons. The van der Waals surface area contributed by atoms with E-state index in [0.717, 1.165) is 5.56 Å². The first kappa shape index (κ1) is 22.6.